The zero-order valence-electron chi connectivity index (χ0n) is 16.0. The molecule has 10 heteroatoms. The third-order valence-corrected chi connectivity index (χ3v) is 6.51. The van der Waals surface area contributed by atoms with Crippen molar-refractivity contribution in [1.82, 2.24) is 9.62 Å². The molecule has 2 aromatic carbocycles. The highest BCUT2D eigenvalue weighted by molar-refractivity contribution is 7.89. The average Bonchev–Trinajstić information content (AvgIpc) is 2.66. The number of nitrogens with one attached hydrogen (secondary N) is 1. The minimum atomic E-state index is -3.76. The van der Waals surface area contributed by atoms with Crippen molar-refractivity contribution in [2.75, 3.05) is 14.1 Å². The van der Waals surface area contributed by atoms with Crippen molar-refractivity contribution < 1.29 is 22.7 Å². The number of esters is 1. The quantitative estimate of drug-likeness (QED) is 0.643. The highest BCUT2D eigenvalue weighted by Crippen LogP contribution is 2.23. The molecule has 7 nitrogen and oxygen atoms in total. The normalized spacial score (nSPS) is 12.5. The lowest BCUT2D eigenvalue weighted by Gasteiger charge is -2.16. The average molecular weight is 459 g/mol. The molecule has 29 heavy (non-hydrogen) atoms. The van der Waals surface area contributed by atoms with Gasteiger partial charge in [0.1, 0.15) is 0 Å². The number of benzene rings is 2. The molecule has 0 fully saturated rings. The van der Waals surface area contributed by atoms with Crippen LogP contribution in [0.4, 0.5) is 0 Å². The predicted octanol–water partition coefficient (Wildman–Crippen LogP) is 3.11. The van der Waals surface area contributed by atoms with Gasteiger partial charge < -0.3 is 10.1 Å². The van der Waals surface area contributed by atoms with E-state index in [1.165, 1.54) is 33.2 Å². The first-order chi connectivity index (χ1) is 13.5. The minimum absolute atomic E-state index is 0.0105. The Balaban J connectivity index is 2.09. The van der Waals surface area contributed by atoms with E-state index in [0.29, 0.717) is 10.6 Å². The van der Waals surface area contributed by atoms with Crippen molar-refractivity contribution in [2.24, 2.45) is 0 Å². The molecule has 0 aromatic heterocycles. The van der Waals surface area contributed by atoms with Crippen LogP contribution in [-0.2, 0) is 26.1 Å². The highest BCUT2D eigenvalue weighted by Gasteiger charge is 2.24. The Hall–Kier alpha value is -2.13. The second-order valence-corrected chi connectivity index (χ2v) is 9.25. The lowest BCUT2D eigenvalue weighted by molar-refractivity contribution is -0.129. The summed E-state index contributed by atoms with van der Waals surface area (Å²) in [5, 5.41) is 3.14. The zero-order chi connectivity index (χ0) is 21.8. The van der Waals surface area contributed by atoms with E-state index in [1.807, 2.05) is 0 Å². The number of carbonyl (C=O) groups excluding carboxylic acids is 2. The van der Waals surface area contributed by atoms with Crippen LogP contribution in [0.3, 0.4) is 0 Å². The maximum Gasteiger partial charge on any atom is 0.340 e. The fourth-order valence-corrected chi connectivity index (χ4v) is 3.60. The molecule has 0 heterocycles. The smallest absolute Gasteiger partial charge is 0.340 e. The topological polar surface area (TPSA) is 92.8 Å². The van der Waals surface area contributed by atoms with Gasteiger partial charge in [-0.25, -0.2) is 17.5 Å². The van der Waals surface area contributed by atoms with Crippen LogP contribution < -0.4 is 5.32 Å². The Kier molecular flexibility index (Phi) is 7.65. The molecule has 1 N–H and O–H groups in total. The monoisotopic (exact) mass is 458 g/mol. The molecule has 0 aliphatic carbocycles. The molecule has 1 amide bonds. The first-order valence-electron chi connectivity index (χ1n) is 8.48. The maximum absolute atomic E-state index is 12.4. The third-order valence-electron chi connectivity index (χ3n) is 4.00. The maximum atomic E-state index is 12.4. The van der Waals surface area contributed by atoms with Gasteiger partial charge in [-0.1, -0.05) is 41.4 Å². The van der Waals surface area contributed by atoms with Gasteiger partial charge in [0.25, 0.3) is 5.91 Å². The van der Waals surface area contributed by atoms with Gasteiger partial charge in [-0.2, -0.15) is 0 Å². The highest BCUT2D eigenvalue weighted by atomic mass is 35.5. The van der Waals surface area contributed by atoms with Crippen LogP contribution in [0, 0.1) is 0 Å². The van der Waals surface area contributed by atoms with E-state index in [1.54, 1.807) is 24.3 Å². The summed E-state index contributed by atoms with van der Waals surface area (Å²) in [6.45, 7) is 1.56. The molecule has 0 saturated carbocycles. The van der Waals surface area contributed by atoms with Crippen molar-refractivity contribution in [3.05, 3.63) is 63.6 Å². The number of amides is 1. The van der Waals surface area contributed by atoms with Crippen LogP contribution in [0.15, 0.2) is 47.4 Å². The summed E-state index contributed by atoms with van der Waals surface area (Å²) in [5.74, 6) is -1.45. The van der Waals surface area contributed by atoms with Crippen LogP contribution in [0.1, 0.15) is 22.8 Å². The standard InChI is InChI=1S/C19H20Cl2N2O5S/c1-12(18(24)22-11-13-6-4-5-7-16(13)20)28-19(25)15-10-14(8-9-17(15)21)29(26,27)23(2)3/h4-10,12H,11H2,1-3H3,(H,22,24). The van der Waals surface area contributed by atoms with E-state index in [2.05, 4.69) is 5.32 Å². The summed E-state index contributed by atoms with van der Waals surface area (Å²) in [4.78, 5) is 24.6. The van der Waals surface area contributed by atoms with Crippen molar-refractivity contribution in [3.8, 4) is 0 Å². The number of carbonyl (C=O) groups is 2. The molecular formula is C19H20Cl2N2O5S. The lowest BCUT2D eigenvalue weighted by Crippen LogP contribution is -2.35. The van der Waals surface area contributed by atoms with E-state index >= 15 is 0 Å². The van der Waals surface area contributed by atoms with Crippen molar-refractivity contribution >= 4 is 45.1 Å². The van der Waals surface area contributed by atoms with Gasteiger partial charge in [-0.3, -0.25) is 4.79 Å². The molecule has 2 rings (SSSR count). The summed E-state index contributed by atoms with van der Waals surface area (Å²) >= 11 is 12.1. The van der Waals surface area contributed by atoms with Gasteiger partial charge in [-0.15, -0.1) is 0 Å². The molecule has 0 spiro atoms. The Labute approximate surface area is 179 Å². The summed E-state index contributed by atoms with van der Waals surface area (Å²) < 4.78 is 30.7. The van der Waals surface area contributed by atoms with Crippen molar-refractivity contribution in [1.29, 1.82) is 0 Å². The summed E-state index contributed by atoms with van der Waals surface area (Å²) in [6, 6.07) is 10.7. The molecule has 0 aliphatic heterocycles. The Morgan fingerprint density at radius 3 is 2.38 bits per heavy atom. The first kappa shape index (κ1) is 23.2. The van der Waals surface area contributed by atoms with Crippen LogP contribution >= 0.6 is 23.2 Å². The summed E-state index contributed by atoms with van der Waals surface area (Å²) in [7, 11) is -1.03. The number of nitrogens with zero attached hydrogens (tertiary/aromatic N) is 1. The van der Waals surface area contributed by atoms with E-state index in [4.69, 9.17) is 27.9 Å². The SMILES string of the molecule is CC(OC(=O)c1cc(S(=O)(=O)N(C)C)ccc1Cl)C(=O)NCc1ccccc1Cl. The summed E-state index contributed by atoms with van der Waals surface area (Å²) in [5.41, 5.74) is 0.561. The van der Waals surface area contributed by atoms with Crippen LogP contribution in [0.5, 0.6) is 0 Å². The molecule has 156 valence electrons. The van der Waals surface area contributed by atoms with E-state index in [9.17, 15) is 18.0 Å². The zero-order valence-corrected chi connectivity index (χ0v) is 18.3. The number of hydrogen-bond acceptors (Lipinski definition) is 5. The van der Waals surface area contributed by atoms with Gasteiger partial charge in [-0.05, 0) is 36.8 Å². The molecule has 0 radical (unpaired) electrons. The Bertz CT molecular complexity index is 1030. The van der Waals surface area contributed by atoms with Crippen LogP contribution in [0.25, 0.3) is 0 Å². The molecule has 2 aromatic rings. The lowest BCUT2D eigenvalue weighted by atomic mass is 10.2. The fraction of sp³-hybridized carbons (Fsp3) is 0.263. The minimum Gasteiger partial charge on any atom is -0.449 e. The first-order valence-corrected chi connectivity index (χ1v) is 10.7. The molecule has 0 bridgehead atoms. The second-order valence-electron chi connectivity index (χ2n) is 6.29. The Morgan fingerprint density at radius 2 is 1.76 bits per heavy atom. The number of ether oxygens (including phenoxy) is 1. The van der Waals surface area contributed by atoms with Gasteiger partial charge in [0.05, 0.1) is 15.5 Å². The molecule has 1 atom stereocenters. The third kappa shape index (κ3) is 5.70. The van der Waals surface area contributed by atoms with Crippen LogP contribution in [0.2, 0.25) is 10.0 Å². The molecule has 1 unspecified atom stereocenters. The van der Waals surface area contributed by atoms with E-state index < -0.39 is 28.0 Å². The van der Waals surface area contributed by atoms with Gasteiger partial charge >= 0.3 is 5.97 Å². The van der Waals surface area contributed by atoms with Gasteiger partial charge in [0.2, 0.25) is 10.0 Å². The fourth-order valence-electron chi connectivity index (χ4n) is 2.28. The number of rotatable bonds is 7. The predicted molar refractivity (Wildman–Crippen MR) is 111 cm³/mol. The van der Waals surface area contributed by atoms with Crippen LogP contribution in [-0.4, -0.2) is 44.8 Å². The summed E-state index contributed by atoms with van der Waals surface area (Å²) in [6.07, 6.45) is -1.13. The van der Waals surface area contributed by atoms with Gasteiger partial charge in [0, 0.05) is 25.7 Å². The van der Waals surface area contributed by atoms with Crippen molar-refractivity contribution in [3.63, 3.8) is 0 Å². The van der Waals surface area contributed by atoms with Crippen molar-refractivity contribution in [2.45, 2.75) is 24.5 Å². The number of hydrogen-bond donors (Lipinski definition) is 1. The largest absolute Gasteiger partial charge is 0.449 e. The molecule has 0 saturated heterocycles. The molecular weight excluding hydrogens is 439 g/mol. The second kappa shape index (κ2) is 9.58. The molecule has 0 aliphatic rings. The van der Waals surface area contributed by atoms with E-state index in [0.717, 1.165) is 10.4 Å². The number of sulfonamides is 1. The van der Waals surface area contributed by atoms with Gasteiger partial charge in [0.15, 0.2) is 6.10 Å². The number of halogens is 2. The Morgan fingerprint density at radius 1 is 1.10 bits per heavy atom. The van der Waals surface area contributed by atoms with E-state index in [-0.39, 0.29) is 22.0 Å².